The van der Waals surface area contributed by atoms with Gasteiger partial charge in [0.1, 0.15) is 5.75 Å². The summed E-state index contributed by atoms with van der Waals surface area (Å²) in [5.74, 6) is -0.146. The van der Waals surface area contributed by atoms with Gasteiger partial charge < -0.3 is 9.84 Å². The maximum atomic E-state index is 11.2. The average molecular weight is 206 g/mol. The summed E-state index contributed by atoms with van der Waals surface area (Å²) in [6, 6.07) is 7.63. The minimum absolute atomic E-state index is 0.497. The first-order valence-corrected chi connectivity index (χ1v) is 5.18. The lowest BCUT2D eigenvalue weighted by molar-refractivity contribution is -0.157. The van der Waals surface area contributed by atoms with E-state index in [4.69, 9.17) is 4.74 Å². The van der Waals surface area contributed by atoms with Crippen LogP contribution in [0.2, 0.25) is 0 Å². The summed E-state index contributed by atoms with van der Waals surface area (Å²) in [5, 5.41) is 9.19. The number of aliphatic carboxylic acids is 1. The molecule has 0 amide bonds. The fourth-order valence-corrected chi connectivity index (χ4v) is 1.96. The summed E-state index contributed by atoms with van der Waals surface area (Å²) in [7, 11) is 0. The lowest BCUT2D eigenvalue weighted by Crippen LogP contribution is -2.46. The first-order chi connectivity index (χ1) is 7.18. The van der Waals surface area contributed by atoms with Crippen LogP contribution in [-0.4, -0.2) is 16.7 Å². The maximum absolute atomic E-state index is 11.2. The van der Waals surface area contributed by atoms with E-state index in [1.165, 1.54) is 0 Å². The number of hydrogen-bond donors (Lipinski definition) is 1. The van der Waals surface area contributed by atoms with E-state index in [1.54, 1.807) is 0 Å². The van der Waals surface area contributed by atoms with Crippen molar-refractivity contribution in [1.82, 2.24) is 0 Å². The van der Waals surface area contributed by atoms with Gasteiger partial charge in [-0.15, -0.1) is 0 Å². The maximum Gasteiger partial charge on any atom is 0.348 e. The Morgan fingerprint density at radius 3 is 2.93 bits per heavy atom. The molecule has 0 bridgehead atoms. The Bertz CT molecular complexity index is 386. The number of carboxylic acid groups (broad SMARTS) is 1. The van der Waals surface area contributed by atoms with Crippen molar-refractivity contribution >= 4 is 5.97 Å². The van der Waals surface area contributed by atoms with Gasteiger partial charge in [-0.2, -0.15) is 0 Å². The largest absolute Gasteiger partial charge is 0.478 e. The Morgan fingerprint density at radius 2 is 2.27 bits per heavy atom. The topological polar surface area (TPSA) is 46.5 Å². The van der Waals surface area contributed by atoms with Gasteiger partial charge in [-0.05, 0) is 24.5 Å². The van der Waals surface area contributed by atoms with Gasteiger partial charge in [-0.25, -0.2) is 4.79 Å². The molecule has 1 aromatic carbocycles. The lowest BCUT2D eigenvalue weighted by atomic mass is 9.89. The summed E-state index contributed by atoms with van der Waals surface area (Å²) in [4.78, 5) is 11.2. The molecule has 1 aliphatic rings. The first-order valence-electron chi connectivity index (χ1n) is 5.18. The number of carbonyl (C=O) groups is 1. The van der Waals surface area contributed by atoms with Gasteiger partial charge in [0.25, 0.3) is 0 Å². The summed E-state index contributed by atoms with van der Waals surface area (Å²) in [6.07, 6.45) is 1.82. The second-order valence-corrected chi connectivity index (χ2v) is 3.86. The van der Waals surface area contributed by atoms with E-state index in [2.05, 4.69) is 0 Å². The zero-order chi connectivity index (χ0) is 10.9. The van der Waals surface area contributed by atoms with Crippen molar-refractivity contribution in [2.75, 3.05) is 0 Å². The fraction of sp³-hybridized carbons (Fsp3) is 0.417. The van der Waals surface area contributed by atoms with Crippen LogP contribution in [0.25, 0.3) is 0 Å². The fourth-order valence-electron chi connectivity index (χ4n) is 1.96. The van der Waals surface area contributed by atoms with E-state index >= 15 is 0 Å². The molecular weight excluding hydrogens is 192 g/mol. The molecule has 0 saturated carbocycles. The van der Waals surface area contributed by atoms with Crippen LogP contribution in [0.4, 0.5) is 0 Å². The highest BCUT2D eigenvalue weighted by Crippen LogP contribution is 2.35. The van der Waals surface area contributed by atoms with Gasteiger partial charge in [-0.1, -0.05) is 25.1 Å². The van der Waals surface area contributed by atoms with Gasteiger partial charge >= 0.3 is 5.97 Å². The van der Waals surface area contributed by atoms with E-state index < -0.39 is 11.6 Å². The van der Waals surface area contributed by atoms with Gasteiger partial charge in [0.2, 0.25) is 5.60 Å². The Morgan fingerprint density at radius 1 is 1.53 bits per heavy atom. The minimum Gasteiger partial charge on any atom is -0.478 e. The number of aryl methyl sites for hydroxylation is 1. The molecular formula is C12H14O3. The normalized spacial score (nSPS) is 24.1. The van der Waals surface area contributed by atoms with E-state index in [1.807, 2.05) is 31.2 Å². The molecule has 1 aromatic rings. The lowest BCUT2D eigenvalue weighted by Gasteiger charge is -2.34. The molecule has 0 saturated heterocycles. The van der Waals surface area contributed by atoms with Crippen LogP contribution >= 0.6 is 0 Å². The Labute approximate surface area is 88.7 Å². The molecule has 3 heteroatoms. The zero-order valence-electron chi connectivity index (χ0n) is 8.69. The monoisotopic (exact) mass is 206 g/mol. The van der Waals surface area contributed by atoms with Gasteiger partial charge in [0.05, 0.1) is 0 Å². The molecule has 1 unspecified atom stereocenters. The highest BCUT2D eigenvalue weighted by Gasteiger charge is 2.41. The smallest absolute Gasteiger partial charge is 0.348 e. The van der Waals surface area contributed by atoms with Crippen LogP contribution < -0.4 is 4.74 Å². The third-order valence-corrected chi connectivity index (χ3v) is 3.04. The van der Waals surface area contributed by atoms with Crippen molar-refractivity contribution < 1.29 is 14.6 Å². The predicted octanol–water partition coefficient (Wildman–Crippen LogP) is 2.25. The second-order valence-electron chi connectivity index (χ2n) is 3.86. The quantitative estimate of drug-likeness (QED) is 0.807. The number of fused-ring (bicyclic) bond motifs is 1. The number of rotatable bonds is 2. The van der Waals surface area contributed by atoms with Gasteiger partial charge in [0, 0.05) is 6.42 Å². The molecule has 1 N–H and O–H groups in total. The van der Waals surface area contributed by atoms with Crippen LogP contribution in [-0.2, 0) is 11.2 Å². The third-order valence-electron chi connectivity index (χ3n) is 3.04. The molecule has 0 fully saturated rings. The standard InChI is InChI=1S/C12H14O3/c1-2-12(11(13)14)8-7-9-5-3-4-6-10(9)15-12/h3-6H,2,7-8H2,1H3,(H,13,14). The zero-order valence-corrected chi connectivity index (χ0v) is 8.69. The molecule has 2 rings (SSSR count). The summed E-state index contributed by atoms with van der Waals surface area (Å²) >= 11 is 0. The number of benzene rings is 1. The van der Waals surface area contributed by atoms with E-state index in [-0.39, 0.29) is 0 Å². The molecule has 1 atom stereocenters. The molecule has 0 radical (unpaired) electrons. The van der Waals surface area contributed by atoms with Crippen molar-refractivity contribution in [3.05, 3.63) is 29.8 Å². The molecule has 0 aromatic heterocycles. The number of para-hydroxylation sites is 1. The number of hydrogen-bond acceptors (Lipinski definition) is 2. The highest BCUT2D eigenvalue weighted by molar-refractivity contribution is 5.78. The number of ether oxygens (including phenoxy) is 1. The van der Waals surface area contributed by atoms with Crippen LogP contribution in [0, 0.1) is 0 Å². The molecule has 15 heavy (non-hydrogen) atoms. The Hall–Kier alpha value is -1.51. The van der Waals surface area contributed by atoms with Crippen LogP contribution in [0.5, 0.6) is 5.75 Å². The number of carboxylic acids is 1. The van der Waals surface area contributed by atoms with E-state index in [9.17, 15) is 9.90 Å². The van der Waals surface area contributed by atoms with E-state index in [0.29, 0.717) is 18.6 Å². The Balaban J connectivity index is 2.35. The molecule has 1 heterocycles. The van der Waals surface area contributed by atoms with Crippen molar-refractivity contribution in [1.29, 1.82) is 0 Å². The summed E-state index contributed by atoms with van der Waals surface area (Å²) in [6.45, 7) is 1.85. The summed E-state index contributed by atoms with van der Waals surface area (Å²) < 4.78 is 5.63. The minimum atomic E-state index is -1.02. The average Bonchev–Trinajstić information content (AvgIpc) is 2.28. The van der Waals surface area contributed by atoms with Gasteiger partial charge in [-0.3, -0.25) is 0 Å². The van der Waals surface area contributed by atoms with Crippen molar-refractivity contribution in [3.63, 3.8) is 0 Å². The van der Waals surface area contributed by atoms with Crippen LogP contribution in [0.1, 0.15) is 25.3 Å². The molecule has 0 aliphatic carbocycles. The third kappa shape index (κ3) is 1.58. The predicted molar refractivity (Wildman–Crippen MR) is 56.0 cm³/mol. The van der Waals surface area contributed by atoms with Crippen LogP contribution in [0.3, 0.4) is 0 Å². The highest BCUT2D eigenvalue weighted by atomic mass is 16.5. The molecule has 1 aliphatic heterocycles. The molecule has 3 nitrogen and oxygen atoms in total. The molecule has 0 spiro atoms. The van der Waals surface area contributed by atoms with Crippen molar-refractivity contribution in [3.8, 4) is 5.75 Å². The molecule has 80 valence electrons. The summed E-state index contributed by atoms with van der Waals surface area (Å²) in [5.41, 5.74) is 0.0803. The SMILES string of the molecule is CCC1(C(=O)O)CCc2ccccc2O1. The van der Waals surface area contributed by atoms with E-state index in [0.717, 1.165) is 12.0 Å². The second kappa shape index (κ2) is 3.57. The Kier molecular flexibility index (Phi) is 2.39. The first kappa shape index (κ1) is 10.0. The van der Waals surface area contributed by atoms with Gasteiger partial charge in [0.15, 0.2) is 0 Å². The van der Waals surface area contributed by atoms with Crippen molar-refractivity contribution in [2.45, 2.75) is 31.8 Å². The van der Waals surface area contributed by atoms with Crippen molar-refractivity contribution in [2.24, 2.45) is 0 Å². The van der Waals surface area contributed by atoms with Crippen LogP contribution in [0.15, 0.2) is 24.3 Å².